The second-order valence-corrected chi connectivity index (χ2v) is 5.30. The van der Waals surface area contributed by atoms with E-state index in [1.807, 2.05) is 31.2 Å². The van der Waals surface area contributed by atoms with E-state index in [2.05, 4.69) is 5.32 Å². The summed E-state index contributed by atoms with van der Waals surface area (Å²) < 4.78 is 5.32. The van der Waals surface area contributed by atoms with Gasteiger partial charge in [-0.25, -0.2) is 0 Å². The van der Waals surface area contributed by atoms with Crippen LogP contribution in [0.25, 0.3) is 0 Å². The monoisotopic (exact) mass is 291 g/mol. The van der Waals surface area contributed by atoms with Gasteiger partial charge in [0, 0.05) is 13.2 Å². The number of hydrogen-bond acceptors (Lipinski definition) is 3. The van der Waals surface area contributed by atoms with Crippen LogP contribution in [0, 0.1) is 11.8 Å². The van der Waals surface area contributed by atoms with Gasteiger partial charge in [-0.15, -0.1) is 0 Å². The number of aliphatic carboxylic acids is 1. The van der Waals surface area contributed by atoms with Crippen molar-refractivity contribution in [2.75, 3.05) is 6.61 Å². The van der Waals surface area contributed by atoms with Crippen LogP contribution in [-0.4, -0.2) is 23.6 Å². The Kier molecular flexibility index (Phi) is 5.33. The minimum absolute atomic E-state index is 0.160. The first-order valence-electron chi connectivity index (χ1n) is 7.28. The number of carboxylic acids is 1. The predicted octanol–water partition coefficient (Wildman–Crippen LogP) is 1.95. The number of carbonyl (C=O) groups is 2. The maximum Gasteiger partial charge on any atom is 0.307 e. The second kappa shape index (κ2) is 7.22. The number of rotatable bonds is 7. The summed E-state index contributed by atoms with van der Waals surface area (Å²) in [6, 6.07) is 7.84. The fourth-order valence-electron chi connectivity index (χ4n) is 2.40. The smallest absolute Gasteiger partial charge is 0.307 e. The van der Waals surface area contributed by atoms with Crippen molar-refractivity contribution >= 4 is 11.9 Å². The molecular weight excluding hydrogens is 270 g/mol. The SMILES string of the molecule is CCOCc1ccc(CNC(=O)C2CCC2C(=O)O)cc1. The van der Waals surface area contributed by atoms with E-state index in [4.69, 9.17) is 9.84 Å². The van der Waals surface area contributed by atoms with Gasteiger partial charge in [0.15, 0.2) is 0 Å². The average molecular weight is 291 g/mol. The van der Waals surface area contributed by atoms with Crippen molar-refractivity contribution in [3.05, 3.63) is 35.4 Å². The van der Waals surface area contributed by atoms with Crippen LogP contribution in [0.5, 0.6) is 0 Å². The zero-order valence-electron chi connectivity index (χ0n) is 12.2. The summed E-state index contributed by atoms with van der Waals surface area (Å²) in [6.07, 6.45) is 1.26. The van der Waals surface area contributed by atoms with Crippen molar-refractivity contribution in [3.63, 3.8) is 0 Å². The van der Waals surface area contributed by atoms with Crippen molar-refractivity contribution in [1.29, 1.82) is 0 Å². The summed E-state index contributed by atoms with van der Waals surface area (Å²) in [5.41, 5.74) is 2.09. The number of carbonyl (C=O) groups excluding carboxylic acids is 1. The molecule has 0 radical (unpaired) electrons. The molecule has 2 unspecified atom stereocenters. The van der Waals surface area contributed by atoms with Gasteiger partial charge in [0.2, 0.25) is 5.91 Å². The largest absolute Gasteiger partial charge is 0.481 e. The quantitative estimate of drug-likeness (QED) is 0.805. The fourth-order valence-corrected chi connectivity index (χ4v) is 2.40. The molecule has 21 heavy (non-hydrogen) atoms. The Morgan fingerprint density at radius 3 is 2.33 bits per heavy atom. The van der Waals surface area contributed by atoms with Crippen LogP contribution in [0.2, 0.25) is 0 Å². The molecule has 1 aromatic carbocycles. The molecule has 0 saturated heterocycles. The van der Waals surface area contributed by atoms with Gasteiger partial charge < -0.3 is 15.2 Å². The van der Waals surface area contributed by atoms with Gasteiger partial charge in [0.25, 0.3) is 0 Å². The fraction of sp³-hybridized carbons (Fsp3) is 0.500. The third-order valence-corrected chi connectivity index (χ3v) is 3.89. The van der Waals surface area contributed by atoms with Crippen LogP contribution in [-0.2, 0) is 27.5 Å². The molecule has 0 aliphatic heterocycles. The summed E-state index contributed by atoms with van der Waals surface area (Å²) in [5.74, 6) is -1.92. The van der Waals surface area contributed by atoms with E-state index >= 15 is 0 Å². The molecule has 5 heteroatoms. The highest BCUT2D eigenvalue weighted by atomic mass is 16.5. The normalized spacial score (nSPS) is 20.6. The number of carboxylic acid groups (broad SMARTS) is 1. The molecule has 2 N–H and O–H groups in total. The van der Waals surface area contributed by atoms with E-state index in [0.29, 0.717) is 32.6 Å². The Morgan fingerprint density at radius 1 is 1.19 bits per heavy atom. The van der Waals surface area contributed by atoms with Gasteiger partial charge in [-0.2, -0.15) is 0 Å². The number of ether oxygens (including phenoxy) is 1. The van der Waals surface area contributed by atoms with E-state index in [9.17, 15) is 9.59 Å². The van der Waals surface area contributed by atoms with Crippen molar-refractivity contribution in [2.45, 2.75) is 32.9 Å². The molecular formula is C16H21NO4. The van der Waals surface area contributed by atoms with Gasteiger partial charge in [-0.1, -0.05) is 24.3 Å². The molecule has 114 valence electrons. The summed E-state index contributed by atoms with van der Waals surface area (Å²) in [5, 5.41) is 11.8. The summed E-state index contributed by atoms with van der Waals surface area (Å²) in [7, 11) is 0. The highest BCUT2D eigenvalue weighted by Crippen LogP contribution is 2.34. The lowest BCUT2D eigenvalue weighted by atomic mass is 9.73. The summed E-state index contributed by atoms with van der Waals surface area (Å²) in [4.78, 5) is 22.8. The Bertz CT molecular complexity index is 498. The highest BCUT2D eigenvalue weighted by Gasteiger charge is 2.41. The lowest BCUT2D eigenvalue weighted by Crippen LogP contribution is -2.43. The van der Waals surface area contributed by atoms with Crippen molar-refractivity contribution in [1.82, 2.24) is 5.32 Å². The molecule has 1 amide bonds. The molecule has 0 bridgehead atoms. The second-order valence-electron chi connectivity index (χ2n) is 5.30. The molecule has 1 aliphatic rings. The van der Waals surface area contributed by atoms with Crippen molar-refractivity contribution in [2.24, 2.45) is 11.8 Å². The third-order valence-electron chi connectivity index (χ3n) is 3.89. The Morgan fingerprint density at radius 2 is 1.81 bits per heavy atom. The summed E-state index contributed by atoms with van der Waals surface area (Å²) in [6.45, 7) is 3.65. The van der Waals surface area contributed by atoms with E-state index < -0.39 is 11.9 Å². The number of benzene rings is 1. The minimum Gasteiger partial charge on any atom is -0.481 e. The van der Waals surface area contributed by atoms with Gasteiger partial charge in [-0.3, -0.25) is 9.59 Å². The number of hydrogen-bond donors (Lipinski definition) is 2. The maximum absolute atomic E-state index is 11.9. The highest BCUT2D eigenvalue weighted by molar-refractivity contribution is 5.86. The molecule has 0 spiro atoms. The lowest BCUT2D eigenvalue weighted by molar-refractivity contribution is -0.152. The molecule has 2 rings (SSSR count). The van der Waals surface area contributed by atoms with Crippen molar-refractivity contribution < 1.29 is 19.4 Å². The summed E-state index contributed by atoms with van der Waals surface area (Å²) >= 11 is 0. The first-order valence-corrected chi connectivity index (χ1v) is 7.28. The van der Waals surface area contributed by atoms with Gasteiger partial charge in [-0.05, 0) is 30.9 Å². The minimum atomic E-state index is -0.873. The van der Waals surface area contributed by atoms with Gasteiger partial charge in [0.1, 0.15) is 0 Å². The predicted molar refractivity (Wildman–Crippen MR) is 77.5 cm³/mol. The molecule has 1 aliphatic carbocycles. The molecule has 5 nitrogen and oxygen atoms in total. The molecule has 1 saturated carbocycles. The Balaban J connectivity index is 1.80. The van der Waals surface area contributed by atoms with Crippen LogP contribution >= 0.6 is 0 Å². The molecule has 1 aromatic rings. The van der Waals surface area contributed by atoms with Crippen LogP contribution in [0.1, 0.15) is 30.9 Å². The van der Waals surface area contributed by atoms with Crippen molar-refractivity contribution in [3.8, 4) is 0 Å². The molecule has 1 fully saturated rings. The van der Waals surface area contributed by atoms with Gasteiger partial charge in [0.05, 0.1) is 18.4 Å². The topological polar surface area (TPSA) is 75.6 Å². The zero-order chi connectivity index (χ0) is 15.2. The van der Waals surface area contributed by atoms with E-state index in [1.54, 1.807) is 0 Å². The maximum atomic E-state index is 11.9. The first kappa shape index (κ1) is 15.5. The first-order chi connectivity index (χ1) is 10.1. The van der Waals surface area contributed by atoms with Gasteiger partial charge >= 0.3 is 5.97 Å². The Hall–Kier alpha value is -1.88. The number of amides is 1. The third kappa shape index (κ3) is 4.04. The van der Waals surface area contributed by atoms with E-state index in [1.165, 1.54) is 0 Å². The van der Waals surface area contributed by atoms with E-state index in [0.717, 1.165) is 11.1 Å². The lowest BCUT2D eigenvalue weighted by Gasteiger charge is -2.31. The van der Waals surface area contributed by atoms with Crippen LogP contribution < -0.4 is 5.32 Å². The molecule has 2 atom stereocenters. The number of nitrogens with one attached hydrogen (secondary N) is 1. The molecule has 0 heterocycles. The average Bonchev–Trinajstić information content (AvgIpc) is 2.42. The van der Waals surface area contributed by atoms with E-state index in [-0.39, 0.29) is 11.8 Å². The molecule has 0 aromatic heterocycles. The zero-order valence-corrected chi connectivity index (χ0v) is 12.2. The van der Waals surface area contributed by atoms with Crippen LogP contribution in [0.3, 0.4) is 0 Å². The Labute approximate surface area is 124 Å². The standard InChI is InChI=1S/C16H21NO4/c1-2-21-10-12-5-3-11(4-6-12)9-17-15(18)13-7-8-14(13)16(19)20/h3-6,13-14H,2,7-10H2,1H3,(H,17,18)(H,19,20). The van der Waals surface area contributed by atoms with Crippen LogP contribution in [0.15, 0.2) is 24.3 Å². The van der Waals surface area contributed by atoms with Crippen LogP contribution in [0.4, 0.5) is 0 Å².